The van der Waals surface area contributed by atoms with E-state index in [9.17, 15) is 14.7 Å². The van der Waals surface area contributed by atoms with Crippen molar-refractivity contribution in [3.05, 3.63) is 12.2 Å². The Bertz CT molecular complexity index is 647. The summed E-state index contributed by atoms with van der Waals surface area (Å²) in [6, 6.07) is 0. The Morgan fingerprint density at radius 3 is 1.20 bits per heavy atom. The number of esters is 2. The van der Waals surface area contributed by atoms with E-state index in [1.165, 1.54) is 141 Å². The number of ether oxygens (including phenoxy) is 2. The van der Waals surface area contributed by atoms with Crippen molar-refractivity contribution in [1.29, 1.82) is 0 Å². The van der Waals surface area contributed by atoms with Crippen LogP contribution in [0.1, 0.15) is 213 Å². The molecule has 0 aromatic carbocycles. The number of carbonyl (C=O) groups is 2. The van der Waals surface area contributed by atoms with Gasteiger partial charge in [0.25, 0.3) is 0 Å². The number of hydrogen-bond acceptors (Lipinski definition) is 5. The molecule has 0 aromatic rings. The molecule has 0 aliphatic carbocycles. The molecular weight excluding hydrogens is 560 g/mol. The molecule has 1 atom stereocenters. The first kappa shape index (κ1) is 43.6. The Labute approximate surface area is 280 Å². The highest BCUT2D eigenvalue weighted by atomic mass is 16.6. The average molecular weight is 637 g/mol. The molecule has 45 heavy (non-hydrogen) atoms. The number of aliphatic hydroxyl groups excluding tert-OH is 1. The molecule has 0 radical (unpaired) electrons. The predicted molar refractivity (Wildman–Crippen MR) is 192 cm³/mol. The standard InChI is InChI=1S/C40H76O5/c1-3-5-7-9-11-13-15-17-19-21-22-24-26-28-30-32-34-39(42)44-37-38(36-41)45-40(43)35-33-31-29-27-25-23-20-18-16-14-12-10-8-6-4-2/h18,20,38,41H,3-17,19,21-37H2,1-2H3/b20-18-/t38-/m0/s1. The smallest absolute Gasteiger partial charge is 0.306 e. The fraction of sp³-hybridized carbons (Fsp3) is 0.900. The Morgan fingerprint density at radius 1 is 0.489 bits per heavy atom. The van der Waals surface area contributed by atoms with Crippen LogP contribution in [0.15, 0.2) is 12.2 Å². The minimum absolute atomic E-state index is 0.0632. The molecule has 0 bridgehead atoms. The van der Waals surface area contributed by atoms with Gasteiger partial charge in [-0.3, -0.25) is 9.59 Å². The van der Waals surface area contributed by atoms with Crippen molar-refractivity contribution >= 4 is 11.9 Å². The zero-order valence-electron chi connectivity index (χ0n) is 30.1. The van der Waals surface area contributed by atoms with Crippen LogP contribution in [-0.2, 0) is 19.1 Å². The first-order valence-electron chi connectivity index (χ1n) is 19.7. The average Bonchev–Trinajstić information content (AvgIpc) is 3.04. The fourth-order valence-corrected chi connectivity index (χ4v) is 5.78. The second-order valence-corrected chi connectivity index (χ2v) is 13.4. The number of aliphatic hydroxyl groups is 1. The van der Waals surface area contributed by atoms with Crippen molar-refractivity contribution in [2.24, 2.45) is 0 Å². The van der Waals surface area contributed by atoms with Crippen LogP contribution in [-0.4, -0.2) is 36.4 Å². The summed E-state index contributed by atoms with van der Waals surface area (Å²) < 4.78 is 10.6. The van der Waals surface area contributed by atoms with Gasteiger partial charge >= 0.3 is 11.9 Å². The molecule has 0 rings (SSSR count). The Morgan fingerprint density at radius 2 is 0.822 bits per heavy atom. The Hall–Kier alpha value is -1.36. The van der Waals surface area contributed by atoms with E-state index in [1.807, 2.05) is 0 Å². The molecule has 1 N–H and O–H groups in total. The summed E-state index contributed by atoms with van der Waals surface area (Å²) in [4.78, 5) is 24.2. The zero-order chi connectivity index (χ0) is 32.9. The van der Waals surface area contributed by atoms with Gasteiger partial charge in [-0.15, -0.1) is 0 Å². The SMILES string of the molecule is CCCCCCCC/C=C\CCCCCCCC(=O)O[C@@H](CO)COC(=O)CCCCCCCCCCCCCCCCCC. The number of carbonyl (C=O) groups excluding carboxylic acids is 2. The number of hydrogen-bond donors (Lipinski definition) is 1. The predicted octanol–water partition coefficient (Wildman–Crippen LogP) is 12.1. The molecular formula is C40H76O5. The minimum Gasteiger partial charge on any atom is -0.462 e. The van der Waals surface area contributed by atoms with Crippen LogP contribution in [0.2, 0.25) is 0 Å². The Balaban J connectivity index is 3.52. The quantitative estimate of drug-likeness (QED) is 0.0421. The van der Waals surface area contributed by atoms with Crippen LogP contribution in [0.25, 0.3) is 0 Å². The second-order valence-electron chi connectivity index (χ2n) is 13.4. The topological polar surface area (TPSA) is 72.8 Å². The van der Waals surface area contributed by atoms with E-state index in [2.05, 4.69) is 26.0 Å². The molecule has 0 aromatic heterocycles. The third-order valence-electron chi connectivity index (χ3n) is 8.81. The number of unbranched alkanes of at least 4 members (excludes halogenated alkanes) is 26. The molecule has 0 amide bonds. The third kappa shape index (κ3) is 35.3. The number of allylic oxidation sites excluding steroid dienone is 2. The van der Waals surface area contributed by atoms with Crippen LogP contribution in [0.3, 0.4) is 0 Å². The van der Waals surface area contributed by atoms with Gasteiger partial charge in [-0.1, -0.05) is 174 Å². The van der Waals surface area contributed by atoms with Crippen LogP contribution in [0, 0.1) is 0 Å². The van der Waals surface area contributed by atoms with Gasteiger partial charge in [0, 0.05) is 12.8 Å². The normalized spacial score (nSPS) is 12.2. The van der Waals surface area contributed by atoms with E-state index in [0.717, 1.165) is 44.9 Å². The summed E-state index contributed by atoms with van der Waals surface area (Å²) in [5, 5.41) is 9.54. The maximum absolute atomic E-state index is 12.1. The van der Waals surface area contributed by atoms with E-state index in [0.29, 0.717) is 12.8 Å². The first-order chi connectivity index (χ1) is 22.1. The van der Waals surface area contributed by atoms with E-state index < -0.39 is 6.10 Å². The van der Waals surface area contributed by atoms with Gasteiger partial charge in [0.2, 0.25) is 0 Å². The fourth-order valence-electron chi connectivity index (χ4n) is 5.78. The van der Waals surface area contributed by atoms with Gasteiger partial charge in [-0.05, 0) is 38.5 Å². The van der Waals surface area contributed by atoms with Gasteiger partial charge in [-0.2, -0.15) is 0 Å². The monoisotopic (exact) mass is 637 g/mol. The van der Waals surface area contributed by atoms with Crippen molar-refractivity contribution in [3.63, 3.8) is 0 Å². The van der Waals surface area contributed by atoms with Gasteiger partial charge in [0.15, 0.2) is 6.10 Å². The maximum Gasteiger partial charge on any atom is 0.306 e. The van der Waals surface area contributed by atoms with Crippen LogP contribution < -0.4 is 0 Å². The highest BCUT2D eigenvalue weighted by molar-refractivity contribution is 5.70. The number of rotatable bonds is 36. The lowest BCUT2D eigenvalue weighted by molar-refractivity contribution is -0.161. The van der Waals surface area contributed by atoms with Crippen LogP contribution >= 0.6 is 0 Å². The lowest BCUT2D eigenvalue weighted by Crippen LogP contribution is -2.28. The second kappa shape index (κ2) is 37.1. The molecule has 0 saturated carbocycles. The molecule has 5 heteroatoms. The van der Waals surface area contributed by atoms with E-state index in [-0.39, 0.29) is 25.2 Å². The third-order valence-corrected chi connectivity index (χ3v) is 8.81. The lowest BCUT2D eigenvalue weighted by atomic mass is 10.0. The van der Waals surface area contributed by atoms with Crippen molar-refractivity contribution in [2.45, 2.75) is 219 Å². The van der Waals surface area contributed by atoms with Gasteiger partial charge in [-0.25, -0.2) is 0 Å². The summed E-state index contributed by atoms with van der Waals surface area (Å²) in [6.07, 6.45) is 41.3. The maximum atomic E-state index is 12.1. The minimum atomic E-state index is -0.768. The van der Waals surface area contributed by atoms with Crippen molar-refractivity contribution in [3.8, 4) is 0 Å². The van der Waals surface area contributed by atoms with Crippen molar-refractivity contribution < 1.29 is 24.2 Å². The molecule has 0 fully saturated rings. The molecule has 0 spiro atoms. The molecule has 5 nitrogen and oxygen atoms in total. The molecule has 0 saturated heterocycles. The molecule has 0 unspecified atom stereocenters. The molecule has 0 aliphatic heterocycles. The zero-order valence-corrected chi connectivity index (χ0v) is 30.1. The molecule has 266 valence electrons. The van der Waals surface area contributed by atoms with E-state index in [4.69, 9.17) is 9.47 Å². The van der Waals surface area contributed by atoms with Crippen LogP contribution in [0.5, 0.6) is 0 Å². The lowest BCUT2D eigenvalue weighted by Gasteiger charge is -2.15. The van der Waals surface area contributed by atoms with Crippen LogP contribution in [0.4, 0.5) is 0 Å². The van der Waals surface area contributed by atoms with Crippen molar-refractivity contribution in [2.75, 3.05) is 13.2 Å². The summed E-state index contributed by atoms with van der Waals surface area (Å²) in [5.74, 6) is -0.590. The molecule has 0 aliphatic rings. The highest BCUT2D eigenvalue weighted by Gasteiger charge is 2.16. The van der Waals surface area contributed by atoms with E-state index in [1.54, 1.807) is 0 Å². The Kier molecular flexibility index (Phi) is 36.0. The summed E-state index contributed by atoms with van der Waals surface area (Å²) in [6.45, 7) is 4.14. The largest absolute Gasteiger partial charge is 0.462 e. The summed E-state index contributed by atoms with van der Waals surface area (Å²) >= 11 is 0. The molecule has 0 heterocycles. The highest BCUT2D eigenvalue weighted by Crippen LogP contribution is 2.15. The van der Waals surface area contributed by atoms with Gasteiger partial charge in [0.05, 0.1) is 6.61 Å². The summed E-state index contributed by atoms with van der Waals surface area (Å²) in [7, 11) is 0. The van der Waals surface area contributed by atoms with Gasteiger partial charge in [0.1, 0.15) is 6.61 Å². The van der Waals surface area contributed by atoms with Gasteiger partial charge < -0.3 is 14.6 Å². The van der Waals surface area contributed by atoms with Crippen molar-refractivity contribution in [1.82, 2.24) is 0 Å². The first-order valence-corrected chi connectivity index (χ1v) is 19.7. The summed E-state index contributed by atoms with van der Waals surface area (Å²) in [5.41, 5.74) is 0. The van der Waals surface area contributed by atoms with E-state index >= 15 is 0 Å².